The van der Waals surface area contributed by atoms with Crippen LogP contribution in [0.4, 0.5) is 5.69 Å². The molecule has 1 N–H and O–H groups in total. The summed E-state index contributed by atoms with van der Waals surface area (Å²) in [5.41, 5.74) is 3.73. The Hall–Kier alpha value is -0.640. The molecule has 0 aliphatic carbocycles. The molecule has 0 aromatic heterocycles. The van der Waals surface area contributed by atoms with Crippen LogP contribution < -0.4 is 5.32 Å². The SMILES string of the molecule is CCCN1CCCC[C@H]1C(=S)Nc1c(C)cccc1C.Cl. The van der Waals surface area contributed by atoms with Crippen LogP contribution in [0.25, 0.3) is 0 Å². The van der Waals surface area contributed by atoms with Gasteiger partial charge in [0.2, 0.25) is 0 Å². The fourth-order valence-corrected chi connectivity index (χ4v) is 3.43. The van der Waals surface area contributed by atoms with Crippen LogP contribution in [-0.2, 0) is 0 Å². The average Bonchev–Trinajstić information content (AvgIpc) is 2.44. The fourth-order valence-electron chi connectivity index (χ4n) is 3.06. The predicted octanol–water partition coefficient (Wildman–Crippen LogP) is 4.73. The molecule has 118 valence electrons. The molecule has 21 heavy (non-hydrogen) atoms. The standard InChI is InChI=1S/C17H26N2S.ClH/c1-4-11-19-12-6-5-10-15(19)17(20)18-16-13(2)8-7-9-14(16)3;/h7-9,15H,4-6,10-12H2,1-3H3,(H,18,20);1H/t15-;/m0./s1. The summed E-state index contributed by atoms with van der Waals surface area (Å²) in [5, 5.41) is 3.53. The van der Waals surface area contributed by atoms with E-state index in [0.717, 1.165) is 11.5 Å². The topological polar surface area (TPSA) is 15.3 Å². The van der Waals surface area contributed by atoms with Gasteiger partial charge in [-0.1, -0.05) is 43.8 Å². The van der Waals surface area contributed by atoms with Gasteiger partial charge in [0.25, 0.3) is 0 Å². The number of rotatable bonds is 4. The van der Waals surface area contributed by atoms with E-state index >= 15 is 0 Å². The van der Waals surface area contributed by atoms with Crippen molar-refractivity contribution < 1.29 is 0 Å². The number of thiocarbonyl (C=S) groups is 1. The van der Waals surface area contributed by atoms with Gasteiger partial charge in [0.15, 0.2) is 0 Å². The summed E-state index contributed by atoms with van der Waals surface area (Å²) in [5.74, 6) is 0. The van der Waals surface area contributed by atoms with Gasteiger partial charge in [-0.25, -0.2) is 0 Å². The minimum Gasteiger partial charge on any atom is -0.348 e. The van der Waals surface area contributed by atoms with Gasteiger partial charge in [0, 0.05) is 5.69 Å². The molecule has 2 rings (SSSR count). The smallest absolute Gasteiger partial charge is 0.0972 e. The molecular formula is C17H27ClN2S. The number of piperidine rings is 1. The normalized spacial score (nSPS) is 18.9. The van der Waals surface area contributed by atoms with Crippen molar-refractivity contribution in [3.05, 3.63) is 29.3 Å². The van der Waals surface area contributed by atoms with E-state index in [1.165, 1.54) is 49.0 Å². The highest BCUT2D eigenvalue weighted by molar-refractivity contribution is 7.80. The Kier molecular flexibility index (Phi) is 7.64. The summed E-state index contributed by atoms with van der Waals surface area (Å²) in [6.07, 6.45) is 4.99. The fraction of sp³-hybridized carbons (Fsp3) is 0.588. The highest BCUT2D eigenvalue weighted by Gasteiger charge is 2.25. The van der Waals surface area contributed by atoms with Gasteiger partial charge < -0.3 is 5.32 Å². The van der Waals surface area contributed by atoms with Crippen LogP contribution in [0, 0.1) is 13.8 Å². The summed E-state index contributed by atoms with van der Waals surface area (Å²) in [6.45, 7) is 8.87. The number of aryl methyl sites for hydroxylation is 2. The quantitative estimate of drug-likeness (QED) is 0.805. The van der Waals surface area contributed by atoms with Gasteiger partial charge in [-0.2, -0.15) is 0 Å². The molecule has 1 atom stereocenters. The maximum Gasteiger partial charge on any atom is 0.0972 e. The van der Waals surface area contributed by atoms with Crippen molar-refractivity contribution in [1.82, 2.24) is 4.90 Å². The zero-order valence-electron chi connectivity index (χ0n) is 13.3. The lowest BCUT2D eigenvalue weighted by Crippen LogP contribution is -2.46. The lowest BCUT2D eigenvalue weighted by atomic mass is 10.0. The van der Waals surface area contributed by atoms with E-state index in [1.54, 1.807) is 0 Å². The zero-order valence-corrected chi connectivity index (χ0v) is 14.9. The minimum atomic E-state index is 0. The summed E-state index contributed by atoms with van der Waals surface area (Å²) >= 11 is 5.71. The number of halogens is 1. The Labute approximate surface area is 140 Å². The molecule has 0 saturated carbocycles. The summed E-state index contributed by atoms with van der Waals surface area (Å²) < 4.78 is 0. The molecule has 1 fully saturated rings. The maximum absolute atomic E-state index is 5.71. The molecule has 0 unspecified atom stereocenters. The molecule has 0 amide bonds. The van der Waals surface area contributed by atoms with Gasteiger partial charge in [0.05, 0.1) is 11.0 Å². The number of hydrogen-bond donors (Lipinski definition) is 1. The number of likely N-dealkylation sites (tertiary alicyclic amines) is 1. The van der Waals surface area contributed by atoms with Gasteiger partial charge in [-0.15, -0.1) is 12.4 Å². The summed E-state index contributed by atoms with van der Waals surface area (Å²) in [4.78, 5) is 3.54. The first-order valence-electron chi connectivity index (χ1n) is 7.74. The first kappa shape index (κ1) is 18.4. The summed E-state index contributed by atoms with van der Waals surface area (Å²) in [7, 11) is 0. The third kappa shape index (κ3) is 4.67. The lowest BCUT2D eigenvalue weighted by molar-refractivity contribution is 0.194. The van der Waals surface area contributed by atoms with E-state index in [2.05, 4.69) is 49.2 Å². The van der Waals surface area contributed by atoms with Crippen molar-refractivity contribution in [3.63, 3.8) is 0 Å². The molecule has 1 aromatic carbocycles. The molecule has 1 aliphatic rings. The van der Waals surface area contributed by atoms with Crippen LogP contribution in [0.1, 0.15) is 43.7 Å². The summed E-state index contributed by atoms with van der Waals surface area (Å²) in [6, 6.07) is 6.80. The molecule has 1 aliphatic heterocycles. The van der Waals surface area contributed by atoms with Crippen molar-refractivity contribution in [2.75, 3.05) is 18.4 Å². The second kappa shape index (κ2) is 8.72. The Morgan fingerprint density at radius 3 is 2.57 bits per heavy atom. The molecule has 0 bridgehead atoms. The number of hydrogen-bond acceptors (Lipinski definition) is 2. The molecule has 4 heteroatoms. The first-order valence-corrected chi connectivity index (χ1v) is 8.15. The monoisotopic (exact) mass is 326 g/mol. The number of nitrogens with zero attached hydrogens (tertiary/aromatic N) is 1. The van der Waals surface area contributed by atoms with Crippen LogP contribution in [0.5, 0.6) is 0 Å². The number of benzene rings is 1. The molecule has 0 spiro atoms. The molecule has 1 heterocycles. The first-order chi connectivity index (χ1) is 9.63. The molecule has 1 saturated heterocycles. The van der Waals surface area contributed by atoms with Crippen molar-refractivity contribution in [2.45, 2.75) is 52.5 Å². The third-order valence-electron chi connectivity index (χ3n) is 4.16. The molecule has 0 radical (unpaired) electrons. The van der Waals surface area contributed by atoms with Gasteiger partial charge in [-0.3, -0.25) is 4.90 Å². The largest absolute Gasteiger partial charge is 0.348 e. The van der Waals surface area contributed by atoms with Gasteiger partial charge in [0.1, 0.15) is 0 Å². The van der Waals surface area contributed by atoms with Crippen LogP contribution in [0.2, 0.25) is 0 Å². The van der Waals surface area contributed by atoms with E-state index in [9.17, 15) is 0 Å². The zero-order chi connectivity index (χ0) is 14.5. The van der Waals surface area contributed by atoms with Crippen LogP contribution in [0.15, 0.2) is 18.2 Å². The maximum atomic E-state index is 5.71. The highest BCUT2D eigenvalue weighted by Crippen LogP contribution is 2.23. The van der Waals surface area contributed by atoms with Crippen molar-refractivity contribution >= 4 is 35.3 Å². The van der Waals surface area contributed by atoms with E-state index in [4.69, 9.17) is 12.2 Å². The molecule has 2 nitrogen and oxygen atoms in total. The van der Waals surface area contributed by atoms with Crippen LogP contribution in [0.3, 0.4) is 0 Å². The van der Waals surface area contributed by atoms with Crippen molar-refractivity contribution in [2.24, 2.45) is 0 Å². The van der Waals surface area contributed by atoms with E-state index in [0.29, 0.717) is 6.04 Å². The van der Waals surface area contributed by atoms with E-state index in [1.807, 2.05) is 0 Å². The van der Waals surface area contributed by atoms with Gasteiger partial charge >= 0.3 is 0 Å². The number of anilines is 1. The lowest BCUT2D eigenvalue weighted by Gasteiger charge is -2.36. The van der Waals surface area contributed by atoms with E-state index in [-0.39, 0.29) is 12.4 Å². The Morgan fingerprint density at radius 2 is 1.95 bits per heavy atom. The second-order valence-electron chi connectivity index (χ2n) is 5.80. The van der Waals surface area contributed by atoms with Crippen molar-refractivity contribution in [1.29, 1.82) is 0 Å². The molecule has 1 aromatic rings. The van der Waals surface area contributed by atoms with E-state index < -0.39 is 0 Å². The number of nitrogens with one attached hydrogen (secondary N) is 1. The minimum absolute atomic E-state index is 0. The van der Waals surface area contributed by atoms with Gasteiger partial charge in [-0.05, 0) is 57.3 Å². The average molecular weight is 327 g/mol. The second-order valence-corrected chi connectivity index (χ2v) is 6.24. The predicted molar refractivity (Wildman–Crippen MR) is 98.9 cm³/mol. The van der Waals surface area contributed by atoms with Crippen LogP contribution in [-0.4, -0.2) is 29.0 Å². The Balaban J connectivity index is 0.00000220. The Bertz CT molecular complexity index is 454. The Morgan fingerprint density at radius 1 is 1.29 bits per heavy atom. The number of para-hydroxylation sites is 1. The highest BCUT2D eigenvalue weighted by atomic mass is 35.5. The van der Waals surface area contributed by atoms with Crippen molar-refractivity contribution in [3.8, 4) is 0 Å². The third-order valence-corrected chi connectivity index (χ3v) is 4.53. The van der Waals surface area contributed by atoms with Crippen LogP contribution >= 0.6 is 24.6 Å². The molecular weight excluding hydrogens is 300 g/mol.